The molecule has 3 nitrogen and oxygen atoms in total. The average molecular weight is 312 g/mol. The maximum Gasteiger partial charge on any atom is 0.253 e. The lowest BCUT2D eigenvalue weighted by molar-refractivity contribution is 0.0602. The quantitative estimate of drug-likeness (QED) is 0.810. The summed E-state index contributed by atoms with van der Waals surface area (Å²) < 4.78 is 0. The Morgan fingerprint density at radius 1 is 1.39 bits per heavy atom. The second-order valence-corrected chi connectivity index (χ2v) is 6.62. The minimum Gasteiger partial charge on any atom is -0.508 e. The lowest BCUT2D eigenvalue weighted by atomic mass is 9.84. The Balaban J connectivity index is 2.13. The lowest BCUT2D eigenvalue weighted by Crippen LogP contribution is -2.48. The van der Waals surface area contributed by atoms with Crippen LogP contribution in [0.2, 0.25) is 0 Å². The van der Waals surface area contributed by atoms with Gasteiger partial charge in [-0.2, -0.15) is 0 Å². The van der Waals surface area contributed by atoms with E-state index in [9.17, 15) is 9.90 Å². The number of phenols is 1. The largest absolute Gasteiger partial charge is 0.508 e. The molecule has 0 aromatic heterocycles. The molecule has 1 aromatic carbocycles. The van der Waals surface area contributed by atoms with Gasteiger partial charge in [0.1, 0.15) is 5.75 Å². The van der Waals surface area contributed by atoms with Crippen LogP contribution in [0.3, 0.4) is 0 Å². The number of hydrogen-bond donors (Lipinski definition) is 1. The van der Waals surface area contributed by atoms with E-state index in [0.29, 0.717) is 10.4 Å². The fourth-order valence-corrected chi connectivity index (χ4v) is 2.64. The van der Waals surface area contributed by atoms with Crippen molar-refractivity contribution in [3.63, 3.8) is 0 Å². The molecule has 1 unspecified atom stereocenters. The number of aromatic hydroxyl groups is 1. The zero-order chi connectivity index (χ0) is 13.3. The van der Waals surface area contributed by atoms with Crippen molar-refractivity contribution in [1.29, 1.82) is 0 Å². The first-order chi connectivity index (χ1) is 8.40. The van der Waals surface area contributed by atoms with E-state index in [1.807, 2.05) is 4.90 Å². The van der Waals surface area contributed by atoms with Crippen LogP contribution < -0.4 is 0 Å². The van der Waals surface area contributed by atoms with Gasteiger partial charge in [0.05, 0.1) is 0 Å². The Kier molecular flexibility index (Phi) is 3.66. The SMILES string of the molecule is CC1(C)CN(C(=O)c2ccc(O)cc2)CCC1Br. The Morgan fingerprint density at radius 2 is 2.00 bits per heavy atom. The summed E-state index contributed by atoms with van der Waals surface area (Å²) in [5, 5.41) is 9.24. The molecule has 1 saturated heterocycles. The van der Waals surface area contributed by atoms with Gasteiger partial charge in [-0.1, -0.05) is 29.8 Å². The summed E-state index contributed by atoms with van der Waals surface area (Å²) in [6.45, 7) is 5.87. The highest BCUT2D eigenvalue weighted by atomic mass is 79.9. The summed E-state index contributed by atoms with van der Waals surface area (Å²) in [7, 11) is 0. The molecule has 1 atom stereocenters. The number of hydrogen-bond acceptors (Lipinski definition) is 2. The third-order valence-electron chi connectivity index (χ3n) is 3.50. The van der Waals surface area contributed by atoms with Gasteiger partial charge < -0.3 is 10.0 Å². The molecule has 0 spiro atoms. The summed E-state index contributed by atoms with van der Waals surface area (Å²) in [4.78, 5) is 14.7. The Hall–Kier alpha value is -1.03. The van der Waals surface area contributed by atoms with Crippen LogP contribution in [0, 0.1) is 5.41 Å². The van der Waals surface area contributed by atoms with Gasteiger partial charge in [0.25, 0.3) is 5.91 Å². The monoisotopic (exact) mass is 311 g/mol. The van der Waals surface area contributed by atoms with E-state index in [0.717, 1.165) is 19.5 Å². The number of carbonyl (C=O) groups excluding carboxylic acids is 1. The molecule has 1 amide bonds. The topological polar surface area (TPSA) is 40.5 Å². The van der Waals surface area contributed by atoms with Crippen molar-refractivity contribution >= 4 is 21.8 Å². The summed E-state index contributed by atoms with van der Waals surface area (Å²) >= 11 is 3.68. The van der Waals surface area contributed by atoms with Gasteiger partial charge in [0.2, 0.25) is 0 Å². The van der Waals surface area contributed by atoms with Gasteiger partial charge in [-0.05, 0) is 36.1 Å². The number of amides is 1. The predicted molar refractivity (Wildman–Crippen MR) is 75.1 cm³/mol. The molecule has 1 aromatic rings. The van der Waals surface area contributed by atoms with Crippen molar-refractivity contribution in [3.05, 3.63) is 29.8 Å². The van der Waals surface area contributed by atoms with Crippen LogP contribution >= 0.6 is 15.9 Å². The van der Waals surface area contributed by atoms with Gasteiger partial charge in [0.15, 0.2) is 0 Å². The molecule has 0 saturated carbocycles. The van der Waals surface area contributed by atoms with Crippen molar-refractivity contribution < 1.29 is 9.90 Å². The summed E-state index contributed by atoms with van der Waals surface area (Å²) in [5.74, 6) is 0.230. The highest BCUT2D eigenvalue weighted by Crippen LogP contribution is 2.35. The van der Waals surface area contributed by atoms with Crippen molar-refractivity contribution in [1.82, 2.24) is 4.90 Å². The maximum atomic E-state index is 12.3. The number of carbonyl (C=O) groups is 1. The highest BCUT2D eigenvalue weighted by molar-refractivity contribution is 9.09. The van der Waals surface area contributed by atoms with E-state index in [2.05, 4.69) is 29.8 Å². The number of alkyl halides is 1. The van der Waals surface area contributed by atoms with Gasteiger partial charge in [-0.15, -0.1) is 0 Å². The number of likely N-dealkylation sites (tertiary alicyclic amines) is 1. The molecule has 0 aliphatic carbocycles. The predicted octanol–water partition coefficient (Wildman–Crippen LogP) is 3.03. The summed E-state index contributed by atoms with van der Waals surface area (Å²) in [6.07, 6.45) is 0.969. The van der Waals surface area contributed by atoms with Crippen molar-refractivity contribution in [2.75, 3.05) is 13.1 Å². The third-order valence-corrected chi connectivity index (χ3v) is 5.20. The smallest absolute Gasteiger partial charge is 0.253 e. The van der Waals surface area contributed by atoms with Crippen LogP contribution in [-0.2, 0) is 0 Å². The van der Waals surface area contributed by atoms with Crippen LogP contribution in [0.1, 0.15) is 30.6 Å². The molecule has 0 bridgehead atoms. The van der Waals surface area contributed by atoms with Crippen molar-refractivity contribution in [2.45, 2.75) is 25.1 Å². The van der Waals surface area contributed by atoms with Crippen molar-refractivity contribution in [3.8, 4) is 5.75 Å². The molecule has 2 rings (SSSR count). The van der Waals surface area contributed by atoms with Crippen LogP contribution in [-0.4, -0.2) is 33.8 Å². The van der Waals surface area contributed by atoms with E-state index in [-0.39, 0.29) is 17.1 Å². The summed E-state index contributed by atoms with van der Waals surface area (Å²) in [5.41, 5.74) is 0.724. The zero-order valence-corrected chi connectivity index (χ0v) is 12.3. The van der Waals surface area contributed by atoms with Crippen molar-refractivity contribution in [2.24, 2.45) is 5.41 Å². The molecule has 1 heterocycles. The lowest BCUT2D eigenvalue weighted by Gasteiger charge is -2.41. The highest BCUT2D eigenvalue weighted by Gasteiger charge is 2.36. The van der Waals surface area contributed by atoms with Gasteiger partial charge in [-0.25, -0.2) is 0 Å². The van der Waals surface area contributed by atoms with E-state index in [4.69, 9.17) is 0 Å². The second-order valence-electron chi connectivity index (χ2n) is 5.52. The minimum absolute atomic E-state index is 0.0440. The van der Waals surface area contributed by atoms with Crippen LogP contribution in [0.4, 0.5) is 0 Å². The number of nitrogens with zero attached hydrogens (tertiary/aromatic N) is 1. The van der Waals surface area contributed by atoms with E-state index in [1.165, 1.54) is 0 Å². The molecule has 1 fully saturated rings. The standard InChI is InChI=1S/C14H18BrNO2/c1-14(2)9-16(8-7-12(14)15)13(18)10-3-5-11(17)6-4-10/h3-6,12,17H,7-9H2,1-2H3. The fraction of sp³-hybridized carbons (Fsp3) is 0.500. The van der Waals surface area contributed by atoms with Crippen LogP contribution in [0.15, 0.2) is 24.3 Å². The zero-order valence-electron chi connectivity index (χ0n) is 10.7. The summed E-state index contributed by atoms with van der Waals surface area (Å²) in [6, 6.07) is 6.45. The van der Waals surface area contributed by atoms with E-state index < -0.39 is 0 Å². The first-order valence-electron chi connectivity index (χ1n) is 6.12. The number of piperidine rings is 1. The van der Waals surface area contributed by atoms with Gasteiger partial charge in [-0.3, -0.25) is 4.79 Å². The molecule has 1 aliphatic heterocycles. The molecule has 1 aliphatic rings. The molecular weight excluding hydrogens is 294 g/mol. The Morgan fingerprint density at radius 3 is 2.56 bits per heavy atom. The molecule has 18 heavy (non-hydrogen) atoms. The number of rotatable bonds is 1. The first kappa shape index (κ1) is 13.4. The molecule has 98 valence electrons. The number of halogens is 1. The molecule has 0 radical (unpaired) electrons. The average Bonchev–Trinajstić information content (AvgIpc) is 2.33. The number of phenolic OH excluding ortho intramolecular Hbond substituents is 1. The third kappa shape index (κ3) is 2.69. The molecular formula is C14H18BrNO2. The van der Waals surface area contributed by atoms with Gasteiger partial charge >= 0.3 is 0 Å². The van der Waals surface area contributed by atoms with E-state index in [1.54, 1.807) is 24.3 Å². The van der Waals surface area contributed by atoms with Crippen LogP contribution in [0.5, 0.6) is 5.75 Å². The first-order valence-corrected chi connectivity index (χ1v) is 7.04. The van der Waals surface area contributed by atoms with E-state index >= 15 is 0 Å². The normalized spacial score (nSPS) is 22.8. The maximum absolute atomic E-state index is 12.3. The molecule has 1 N–H and O–H groups in total. The van der Waals surface area contributed by atoms with Gasteiger partial charge in [0, 0.05) is 23.5 Å². The Labute approximate surface area is 116 Å². The second kappa shape index (κ2) is 4.92. The molecule has 4 heteroatoms. The Bertz CT molecular complexity index is 442. The fourth-order valence-electron chi connectivity index (χ4n) is 2.29. The van der Waals surface area contributed by atoms with Crippen LogP contribution in [0.25, 0.3) is 0 Å². The minimum atomic E-state index is 0.0440. The number of benzene rings is 1.